The first-order valence-electron chi connectivity index (χ1n) is 2.91. The Morgan fingerprint density at radius 1 is 0.857 bits per heavy atom. The van der Waals surface area contributed by atoms with E-state index in [9.17, 15) is 0 Å². The third-order valence-electron chi connectivity index (χ3n) is 0.957. The van der Waals surface area contributed by atoms with E-state index < -0.39 is 0 Å². The summed E-state index contributed by atoms with van der Waals surface area (Å²) in [6.07, 6.45) is 5.54. The third kappa shape index (κ3) is 10.7. The Labute approximate surface area is 47.9 Å². The monoisotopic (exact) mass is 100 g/mol. The molecule has 7 heavy (non-hydrogen) atoms. The maximum absolute atomic E-state index is 2.23. The smallest absolute Gasteiger partial charge is 0.0533 e. The second-order valence-corrected chi connectivity index (χ2v) is 1.71. The van der Waals surface area contributed by atoms with Gasteiger partial charge in [-0.2, -0.15) is 0 Å². The second kappa shape index (κ2) is 9.38. The predicted molar refractivity (Wildman–Crippen MR) is 35.2 cm³/mol. The van der Waals surface area contributed by atoms with Crippen molar-refractivity contribution in [2.45, 2.75) is 39.5 Å². The highest BCUT2D eigenvalue weighted by atomic mass is 13.8. The zero-order valence-corrected chi connectivity index (χ0v) is 5.54. The van der Waals surface area contributed by atoms with Crippen molar-refractivity contribution in [3.8, 4) is 0 Å². The molecule has 0 aliphatic rings. The fraction of sp³-hybridized carbons (Fsp3) is 0.857. The van der Waals surface area contributed by atoms with Gasteiger partial charge in [0.15, 0.2) is 0 Å². The minimum absolute atomic E-state index is 0. The van der Waals surface area contributed by atoms with Crippen molar-refractivity contribution in [1.82, 2.24) is 0 Å². The first-order valence-corrected chi connectivity index (χ1v) is 2.91. The van der Waals surface area contributed by atoms with Gasteiger partial charge in [-0.3, -0.25) is 0 Å². The molecule has 0 heteroatoms. The number of hydrogen-bond donors (Lipinski definition) is 0. The van der Waals surface area contributed by atoms with E-state index >= 15 is 0 Å². The van der Waals surface area contributed by atoms with Gasteiger partial charge in [0.05, 0.1) is 0 Å². The van der Waals surface area contributed by atoms with E-state index in [1.165, 1.54) is 25.7 Å². The zero-order chi connectivity index (χ0) is 4.83. The van der Waals surface area contributed by atoms with Crippen LogP contribution in [-0.2, 0) is 0 Å². The van der Waals surface area contributed by atoms with Gasteiger partial charge in [-0.15, -0.1) is 0 Å². The van der Waals surface area contributed by atoms with Crippen LogP contribution in [0.25, 0.3) is 0 Å². The van der Waals surface area contributed by atoms with Gasteiger partial charge in [-0.1, -0.05) is 47.0 Å². The molecule has 0 saturated carbocycles. The second-order valence-electron chi connectivity index (χ2n) is 1.71. The maximum Gasteiger partial charge on any atom is -0.0533 e. The van der Waals surface area contributed by atoms with Gasteiger partial charge >= 0.3 is 0 Å². The molecular weight excluding hydrogens is 84.1 g/mol. The van der Waals surface area contributed by atoms with E-state index in [0.717, 1.165) is 0 Å². The Kier molecular flexibility index (Phi) is 13.5. The molecule has 2 radical (unpaired) electrons. The molecule has 0 aliphatic carbocycles. The summed E-state index contributed by atoms with van der Waals surface area (Å²) >= 11 is 0. The Balaban J connectivity index is 0. The summed E-state index contributed by atoms with van der Waals surface area (Å²) in [4.78, 5) is 0. The van der Waals surface area contributed by atoms with Crippen LogP contribution in [0.1, 0.15) is 39.5 Å². The molecule has 0 N–H and O–H groups in total. The van der Waals surface area contributed by atoms with Crippen molar-refractivity contribution < 1.29 is 0 Å². The molecule has 0 bridgehead atoms. The van der Waals surface area contributed by atoms with Crippen molar-refractivity contribution in [1.29, 1.82) is 0 Å². The highest BCUT2D eigenvalue weighted by Crippen LogP contribution is 1.95. The molecule has 0 fully saturated rings. The quantitative estimate of drug-likeness (QED) is 0.478. The van der Waals surface area contributed by atoms with E-state index in [0.29, 0.717) is 0 Å². The average molecular weight is 100 g/mol. The molecule has 0 saturated heterocycles. The summed E-state index contributed by atoms with van der Waals surface area (Å²) in [5, 5.41) is 0. The topological polar surface area (TPSA) is 0 Å². The maximum atomic E-state index is 2.23. The average Bonchev–Trinajstić information content (AvgIpc) is 1.61. The molecule has 0 aromatic carbocycles. The lowest BCUT2D eigenvalue weighted by Gasteiger charge is -1.86. The van der Waals surface area contributed by atoms with Crippen LogP contribution < -0.4 is 0 Å². The standard InChI is InChI=1S/C6H14.CH2/c1-3-5-6-4-2;/h3-6H2,1-2H3;1H2. The van der Waals surface area contributed by atoms with Gasteiger partial charge in [-0.05, 0) is 0 Å². The fourth-order valence-electron chi connectivity index (χ4n) is 0.500. The SMILES string of the molecule is CCCCCC.[CH2]. The minimum atomic E-state index is 0. The summed E-state index contributed by atoms with van der Waals surface area (Å²) < 4.78 is 0. The molecule has 0 rings (SSSR count). The van der Waals surface area contributed by atoms with Crippen LogP contribution in [0.3, 0.4) is 0 Å². The Hall–Kier alpha value is 0. The molecule has 0 aromatic heterocycles. The van der Waals surface area contributed by atoms with E-state index in [1.807, 2.05) is 0 Å². The molecule has 0 heterocycles. The Morgan fingerprint density at radius 2 is 1.14 bits per heavy atom. The van der Waals surface area contributed by atoms with Crippen molar-refractivity contribution in [3.63, 3.8) is 0 Å². The summed E-state index contributed by atoms with van der Waals surface area (Å²) in [7, 11) is 0. The van der Waals surface area contributed by atoms with Crippen molar-refractivity contribution in [2.75, 3.05) is 0 Å². The molecule has 0 atom stereocenters. The lowest BCUT2D eigenvalue weighted by Crippen LogP contribution is -1.66. The summed E-state index contributed by atoms with van der Waals surface area (Å²) in [6, 6.07) is 0. The molecule has 44 valence electrons. The molecule has 0 aromatic rings. The molecule has 0 amide bonds. The fourth-order valence-corrected chi connectivity index (χ4v) is 0.500. The van der Waals surface area contributed by atoms with E-state index in [4.69, 9.17) is 0 Å². The number of hydrogen-bond acceptors (Lipinski definition) is 0. The number of rotatable bonds is 3. The Morgan fingerprint density at radius 3 is 1.29 bits per heavy atom. The van der Waals surface area contributed by atoms with Gasteiger partial charge in [0.25, 0.3) is 0 Å². The number of unbranched alkanes of at least 4 members (excludes halogenated alkanes) is 3. The Bertz CT molecular complexity index is 12.0. The largest absolute Gasteiger partial charge is 0.0654 e. The van der Waals surface area contributed by atoms with Crippen LogP contribution >= 0.6 is 0 Å². The van der Waals surface area contributed by atoms with Gasteiger partial charge in [0.2, 0.25) is 0 Å². The van der Waals surface area contributed by atoms with E-state index in [1.54, 1.807) is 0 Å². The van der Waals surface area contributed by atoms with Crippen molar-refractivity contribution in [3.05, 3.63) is 7.43 Å². The lowest BCUT2D eigenvalue weighted by molar-refractivity contribution is 0.702. The van der Waals surface area contributed by atoms with E-state index in [2.05, 4.69) is 13.8 Å². The van der Waals surface area contributed by atoms with Crippen molar-refractivity contribution >= 4 is 0 Å². The summed E-state index contributed by atoms with van der Waals surface area (Å²) in [6.45, 7) is 4.46. The van der Waals surface area contributed by atoms with Gasteiger partial charge in [0.1, 0.15) is 0 Å². The summed E-state index contributed by atoms with van der Waals surface area (Å²) in [5.41, 5.74) is 0. The zero-order valence-electron chi connectivity index (χ0n) is 5.54. The molecule has 0 nitrogen and oxygen atoms in total. The van der Waals surface area contributed by atoms with Crippen LogP contribution in [0.15, 0.2) is 0 Å². The molecular formula is C7H16. The first kappa shape index (κ1) is 10.1. The molecule has 0 spiro atoms. The van der Waals surface area contributed by atoms with Crippen LogP contribution in [0.5, 0.6) is 0 Å². The van der Waals surface area contributed by atoms with Gasteiger partial charge in [0, 0.05) is 0 Å². The summed E-state index contributed by atoms with van der Waals surface area (Å²) in [5.74, 6) is 0. The van der Waals surface area contributed by atoms with Crippen LogP contribution in [-0.4, -0.2) is 0 Å². The highest BCUT2D eigenvalue weighted by Gasteiger charge is 1.75. The third-order valence-corrected chi connectivity index (χ3v) is 0.957. The van der Waals surface area contributed by atoms with Gasteiger partial charge in [-0.25, -0.2) is 0 Å². The van der Waals surface area contributed by atoms with Crippen LogP contribution in [0.2, 0.25) is 0 Å². The minimum Gasteiger partial charge on any atom is -0.0654 e. The van der Waals surface area contributed by atoms with Crippen molar-refractivity contribution in [2.24, 2.45) is 0 Å². The van der Waals surface area contributed by atoms with E-state index in [-0.39, 0.29) is 7.43 Å². The predicted octanol–water partition coefficient (Wildman–Crippen LogP) is 2.91. The normalized spacial score (nSPS) is 7.71. The van der Waals surface area contributed by atoms with Crippen LogP contribution in [0.4, 0.5) is 0 Å². The molecule has 0 unspecified atom stereocenters. The first-order chi connectivity index (χ1) is 2.91. The van der Waals surface area contributed by atoms with Gasteiger partial charge < -0.3 is 0 Å². The molecule has 0 aliphatic heterocycles. The highest BCUT2D eigenvalue weighted by molar-refractivity contribution is 4.31. The van der Waals surface area contributed by atoms with Crippen LogP contribution in [0, 0.1) is 7.43 Å². The lowest BCUT2D eigenvalue weighted by atomic mass is 10.2.